The third-order valence-electron chi connectivity index (χ3n) is 6.66. The van der Waals surface area contributed by atoms with Crippen LogP contribution in [0.5, 0.6) is 0 Å². The van der Waals surface area contributed by atoms with Crippen LogP contribution in [0.1, 0.15) is 22.5 Å². The number of rotatable bonds is 7. The lowest BCUT2D eigenvalue weighted by atomic mass is 10.1. The van der Waals surface area contributed by atoms with Gasteiger partial charge in [0.1, 0.15) is 17.3 Å². The second-order valence-corrected chi connectivity index (χ2v) is 9.14. The van der Waals surface area contributed by atoms with Crippen LogP contribution < -0.4 is 4.90 Å². The predicted octanol–water partition coefficient (Wildman–Crippen LogP) is 4.97. The smallest absolute Gasteiger partial charge is 0.269 e. The normalized spacial score (nSPS) is 15.1. The van der Waals surface area contributed by atoms with Gasteiger partial charge in [0.15, 0.2) is 5.58 Å². The summed E-state index contributed by atoms with van der Waals surface area (Å²) in [5.41, 5.74) is 2.33. The predicted molar refractivity (Wildman–Crippen MR) is 142 cm³/mol. The molecule has 1 unspecified atom stereocenters. The lowest BCUT2D eigenvalue weighted by molar-refractivity contribution is -0.384. The molecule has 0 spiro atoms. The summed E-state index contributed by atoms with van der Waals surface area (Å²) in [6.45, 7) is -0.0724. The molecule has 3 heterocycles. The van der Waals surface area contributed by atoms with Crippen molar-refractivity contribution in [2.24, 2.45) is 0 Å². The lowest BCUT2D eigenvalue weighted by Crippen LogP contribution is -2.45. The first kappa shape index (κ1) is 24.7. The molecule has 1 aliphatic rings. The number of nitro benzene ring substituents is 1. The number of carbonyl (C=O) groups excluding carboxylic acids is 3. The quantitative estimate of drug-likeness (QED) is 0.161. The molecular formula is C29H20N4O7. The zero-order valence-electron chi connectivity index (χ0n) is 20.8. The number of fused-ring (bicyclic) bond motifs is 1. The van der Waals surface area contributed by atoms with Crippen LogP contribution >= 0.6 is 0 Å². The fourth-order valence-corrected chi connectivity index (χ4v) is 4.66. The molecule has 0 radical (unpaired) electrons. The Morgan fingerprint density at radius 2 is 1.75 bits per heavy atom. The standard InChI is InChI=1S/C29H20N4O7/c34-26-16-24(31(17-22-4-3-15-39-22)28(35)19-9-13-21(14-10-19)33(37)38)29(36)32(26)20-11-7-18(8-12-20)27-30-23-5-1-2-6-25(23)40-27/h1-15,24H,16-17H2. The van der Waals surface area contributed by atoms with E-state index in [2.05, 4.69) is 4.98 Å². The number of furan rings is 1. The van der Waals surface area contributed by atoms with E-state index < -0.39 is 28.7 Å². The average Bonchev–Trinajstić information content (AvgIpc) is 3.71. The Balaban J connectivity index is 1.27. The number of nitro groups is 1. The van der Waals surface area contributed by atoms with Crippen molar-refractivity contribution in [3.63, 3.8) is 0 Å². The molecule has 1 saturated heterocycles. The molecule has 3 aromatic carbocycles. The highest BCUT2D eigenvalue weighted by atomic mass is 16.6. The van der Waals surface area contributed by atoms with Crippen molar-refractivity contribution in [1.29, 1.82) is 0 Å². The molecule has 11 heteroatoms. The molecule has 0 aliphatic carbocycles. The first-order chi connectivity index (χ1) is 19.4. The van der Waals surface area contributed by atoms with Crippen LogP contribution in [-0.4, -0.2) is 38.6 Å². The number of amides is 3. The number of nitrogens with zero attached hydrogens (tertiary/aromatic N) is 4. The van der Waals surface area contributed by atoms with Crippen LogP contribution in [0, 0.1) is 10.1 Å². The van der Waals surface area contributed by atoms with E-state index in [4.69, 9.17) is 8.83 Å². The number of carbonyl (C=O) groups is 3. The Bertz CT molecular complexity index is 1710. The second-order valence-electron chi connectivity index (χ2n) is 9.14. The van der Waals surface area contributed by atoms with E-state index >= 15 is 0 Å². The van der Waals surface area contributed by atoms with Gasteiger partial charge in [0.2, 0.25) is 11.8 Å². The monoisotopic (exact) mass is 536 g/mol. The summed E-state index contributed by atoms with van der Waals surface area (Å²) < 4.78 is 11.2. The molecule has 0 bridgehead atoms. The summed E-state index contributed by atoms with van der Waals surface area (Å²) in [5.74, 6) is -0.780. The first-order valence-corrected chi connectivity index (χ1v) is 12.3. The molecule has 5 aromatic rings. The second kappa shape index (κ2) is 9.95. The van der Waals surface area contributed by atoms with Crippen LogP contribution in [0.3, 0.4) is 0 Å². The molecule has 1 atom stereocenters. The SMILES string of the molecule is O=C1CC(N(Cc2ccco2)C(=O)c2ccc([N+](=O)[O-])cc2)C(=O)N1c1ccc(-c2nc3ccccc3o2)cc1. The average molecular weight is 537 g/mol. The van der Waals surface area contributed by atoms with Crippen molar-refractivity contribution in [2.75, 3.05) is 4.90 Å². The minimum atomic E-state index is -1.10. The molecular weight excluding hydrogens is 516 g/mol. The third kappa shape index (κ3) is 4.49. The number of benzene rings is 3. The Morgan fingerprint density at radius 3 is 2.42 bits per heavy atom. The van der Waals surface area contributed by atoms with E-state index in [-0.39, 0.29) is 24.2 Å². The highest BCUT2D eigenvalue weighted by molar-refractivity contribution is 6.23. The van der Waals surface area contributed by atoms with Crippen molar-refractivity contribution in [3.05, 3.63) is 113 Å². The summed E-state index contributed by atoms with van der Waals surface area (Å²) in [6, 6.07) is 21.3. The summed E-state index contributed by atoms with van der Waals surface area (Å²) in [4.78, 5) is 57.5. The molecule has 2 aromatic heterocycles. The number of imide groups is 1. The Hall–Kier alpha value is -5.58. The Morgan fingerprint density at radius 1 is 1.00 bits per heavy atom. The maximum atomic E-state index is 13.6. The van der Waals surface area contributed by atoms with Crippen LogP contribution in [0.2, 0.25) is 0 Å². The van der Waals surface area contributed by atoms with Crippen molar-refractivity contribution >= 4 is 40.2 Å². The molecule has 0 saturated carbocycles. The van der Waals surface area contributed by atoms with E-state index in [1.807, 2.05) is 24.3 Å². The van der Waals surface area contributed by atoms with Crippen molar-refractivity contribution in [1.82, 2.24) is 9.88 Å². The van der Waals surface area contributed by atoms with Crippen molar-refractivity contribution in [3.8, 4) is 11.5 Å². The molecule has 0 N–H and O–H groups in total. The van der Waals surface area contributed by atoms with Gasteiger partial charge in [-0.3, -0.25) is 24.5 Å². The van der Waals surface area contributed by atoms with E-state index in [1.165, 1.54) is 35.4 Å². The molecule has 6 rings (SSSR count). The number of hydrogen-bond donors (Lipinski definition) is 0. The third-order valence-corrected chi connectivity index (χ3v) is 6.66. The van der Waals surface area contributed by atoms with Gasteiger partial charge in [-0.15, -0.1) is 0 Å². The largest absolute Gasteiger partial charge is 0.467 e. The van der Waals surface area contributed by atoms with E-state index in [1.54, 1.807) is 36.4 Å². The topological polar surface area (TPSA) is 140 Å². The fourth-order valence-electron chi connectivity index (χ4n) is 4.66. The van der Waals surface area contributed by atoms with Crippen molar-refractivity contribution in [2.45, 2.75) is 19.0 Å². The Labute approximate surface area is 226 Å². The number of oxazole rings is 1. The minimum absolute atomic E-state index is 0.0724. The Kier molecular flexibility index (Phi) is 6.15. The zero-order valence-corrected chi connectivity index (χ0v) is 20.8. The zero-order chi connectivity index (χ0) is 27.8. The van der Waals surface area contributed by atoms with Gasteiger partial charge in [0, 0.05) is 23.3 Å². The van der Waals surface area contributed by atoms with Crippen LogP contribution in [-0.2, 0) is 16.1 Å². The maximum Gasteiger partial charge on any atom is 0.269 e. The van der Waals surface area contributed by atoms with E-state index in [9.17, 15) is 24.5 Å². The molecule has 1 fully saturated rings. The molecule has 11 nitrogen and oxygen atoms in total. The van der Waals surface area contributed by atoms with Gasteiger partial charge in [-0.25, -0.2) is 9.88 Å². The van der Waals surface area contributed by atoms with E-state index in [0.717, 1.165) is 4.90 Å². The summed E-state index contributed by atoms with van der Waals surface area (Å²) >= 11 is 0. The van der Waals surface area contributed by atoms with E-state index in [0.29, 0.717) is 34.0 Å². The fraction of sp³-hybridized carbons (Fsp3) is 0.103. The summed E-state index contributed by atoms with van der Waals surface area (Å²) in [5, 5.41) is 11.0. The van der Waals surface area contributed by atoms with Gasteiger partial charge in [0.25, 0.3) is 17.5 Å². The lowest BCUT2D eigenvalue weighted by Gasteiger charge is -2.27. The van der Waals surface area contributed by atoms with Crippen LogP contribution in [0.15, 0.2) is 100 Å². The van der Waals surface area contributed by atoms with Gasteiger partial charge in [-0.05, 0) is 60.7 Å². The van der Waals surface area contributed by atoms with Crippen LogP contribution in [0.25, 0.3) is 22.6 Å². The summed E-state index contributed by atoms with van der Waals surface area (Å²) in [7, 11) is 0. The molecule has 3 amide bonds. The molecule has 1 aliphatic heterocycles. The number of para-hydroxylation sites is 2. The van der Waals surface area contributed by atoms with Gasteiger partial charge < -0.3 is 13.7 Å². The number of hydrogen-bond acceptors (Lipinski definition) is 8. The molecule has 198 valence electrons. The highest BCUT2D eigenvalue weighted by Crippen LogP contribution is 2.31. The van der Waals surface area contributed by atoms with Crippen LogP contribution in [0.4, 0.5) is 11.4 Å². The minimum Gasteiger partial charge on any atom is -0.467 e. The number of non-ortho nitro benzene ring substituents is 1. The maximum absolute atomic E-state index is 13.6. The molecule has 40 heavy (non-hydrogen) atoms. The van der Waals surface area contributed by atoms with Gasteiger partial charge in [-0.2, -0.15) is 0 Å². The van der Waals surface area contributed by atoms with Gasteiger partial charge in [-0.1, -0.05) is 12.1 Å². The first-order valence-electron chi connectivity index (χ1n) is 12.3. The van der Waals surface area contributed by atoms with Crippen molar-refractivity contribution < 1.29 is 28.1 Å². The summed E-state index contributed by atoms with van der Waals surface area (Å²) in [6.07, 6.45) is 1.21. The highest BCUT2D eigenvalue weighted by Gasteiger charge is 2.45. The van der Waals surface area contributed by atoms with Gasteiger partial charge >= 0.3 is 0 Å². The van der Waals surface area contributed by atoms with Gasteiger partial charge in [0.05, 0.1) is 29.8 Å². The number of anilines is 1. The number of aromatic nitrogens is 1.